The van der Waals surface area contributed by atoms with E-state index in [1.54, 1.807) is 12.1 Å². The highest BCUT2D eigenvalue weighted by molar-refractivity contribution is 8.14. The summed E-state index contributed by atoms with van der Waals surface area (Å²) < 4.78 is 0. The highest BCUT2D eigenvalue weighted by atomic mass is 32.2. The van der Waals surface area contributed by atoms with E-state index in [9.17, 15) is 5.11 Å². The Morgan fingerprint density at radius 2 is 2.00 bits per heavy atom. The maximum atomic E-state index is 9.55. The van der Waals surface area contributed by atoms with E-state index in [0.717, 1.165) is 17.4 Å². The summed E-state index contributed by atoms with van der Waals surface area (Å²) in [4.78, 5) is 11.8. The number of aromatic hydroxyl groups is 1. The topological polar surface area (TPSA) is 48.7 Å². The van der Waals surface area contributed by atoms with Crippen molar-refractivity contribution in [3.05, 3.63) is 59.9 Å². The van der Waals surface area contributed by atoms with Crippen molar-refractivity contribution in [1.82, 2.24) is 9.88 Å². The third-order valence-corrected chi connectivity index (χ3v) is 5.22. The van der Waals surface area contributed by atoms with Crippen molar-refractivity contribution < 1.29 is 5.11 Å². The summed E-state index contributed by atoms with van der Waals surface area (Å²) in [5.74, 6) is 0.293. The number of phenols is 1. The molecule has 5 heteroatoms. The van der Waals surface area contributed by atoms with Crippen LogP contribution in [0.1, 0.15) is 30.3 Å². The Hall–Kier alpha value is -2.01. The number of aliphatic imine (C=N–C) groups is 1. The van der Waals surface area contributed by atoms with E-state index in [0.29, 0.717) is 11.0 Å². The van der Waals surface area contributed by atoms with E-state index in [2.05, 4.69) is 16.8 Å². The summed E-state index contributed by atoms with van der Waals surface area (Å²) in [6, 6.07) is 13.6. The lowest BCUT2D eigenvalue weighted by molar-refractivity contribution is 0.321. The first-order valence-electron chi connectivity index (χ1n) is 7.43. The number of benzene rings is 1. The molecule has 22 heavy (non-hydrogen) atoms. The van der Waals surface area contributed by atoms with Crippen molar-refractivity contribution in [2.24, 2.45) is 4.99 Å². The molecule has 0 amide bonds. The molecule has 1 aromatic heterocycles. The van der Waals surface area contributed by atoms with Gasteiger partial charge in [-0.15, -0.1) is 0 Å². The molecule has 1 saturated heterocycles. The van der Waals surface area contributed by atoms with Gasteiger partial charge in [0.2, 0.25) is 0 Å². The zero-order chi connectivity index (χ0) is 15.1. The van der Waals surface area contributed by atoms with Crippen LogP contribution in [0.15, 0.2) is 53.7 Å². The van der Waals surface area contributed by atoms with Crippen LogP contribution in [0.4, 0.5) is 0 Å². The summed E-state index contributed by atoms with van der Waals surface area (Å²) in [5.41, 5.74) is 2.16. The van der Waals surface area contributed by atoms with E-state index >= 15 is 0 Å². The molecular weight excluding hydrogens is 294 g/mol. The van der Waals surface area contributed by atoms with Crippen LogP contribution in [0.3, 0.4) is 0 Å². The molecule has 3 unspecified atom stereocenters. The van der Waals surface area contributed by atoms with Gasteiger partial charge >= 0.3 is 0 Å². The van der Waals surface area contributed by atoms with Crippen LogP contribution in [0.25, 0.3) is 0 Å². The van der Waals surface area contributed by atoms with Crippen molar-refractivity contribution in [3.63, 3.8) is 0 Å². The Morgan fingerprint density at radius 1 is 1.18 bits per heavy atom. The Morgan fingerprint density at radius 3 is 2.73 bits per heavy atom. The second kappa shape index (κ2) is 5.32. The molecule has 0 saturated carbocycles. The second-order valence-electron chi connectivity index (χ2n) is 5.73. The normalized spacial score (nSPS) is 26.9. The van der Waals surface area contributed by atoms with Gasteiger partial charge in [-0.2, -0.15) is 0 Å². The predicted octanol–water partition coefficient (Wildman–Crippen LogP) is 3.38. The Kier molecular flexibility index (Phi) is 3.30. The fraction of sp³-hybridized carbons (Fsp3) is 0.294. The highest BCUT2D eigenvalue weighted by Gasteiger charge is 2.43. The minimum atomic E-state index is 0.0146. The van der Waals surface area contributed by atoms with Crippen molar-refractivity contribution in [2.75, 3.05) is 6.54 Å². The predicted molar refractivity (Wildman–Crippen MR) is 89.0 cm³/mol. The van der Waals surface area contributed by atoms with Crippen LogP contribution in [0.5, 0.6) is 5.75 Å². The zero-order valence-electron chi connectivity index (χ0n) is 12.3. The molecule has 112 valence electrons. The third kappa shape index (κ3) is 2.25. The first-order chi connectivity index (χ1) is 10.7. The van der Waals surface area contributed by atoms with Crippen LogP contribution in [-0.4, -0.2) is 32.0 Å². The molecule has 3 atom stereocenters. The summed E-state index contributed by atoms with van der Waals surface area (Å²) in [5, 5.41) is 11.2. The molecule has 0 aliphatic carbocycles. The van der Waals surface area contributed by atoms with Gasteiger partial charge in [-0.05, 0) is 29.8 Å². The molecule has 1 fully saturated rings. The molecule has 2 aliphatic heterocycles. The summed E-state index contributed by atoms with van der Waals surface area (Å²) in [7, 11) is 0. The number of pyridine rings is 1. The lowest BCUT2D eigenvalue weighted by atomic mass is 9.96. The number of fused-ring (bicyclic) bond motifs is 1. The van der Waals surface area contributed by atoms with Crippen LogP contribution in [0.2, 0.25) is 0 Å². The highest BCUT2D eigenvalue weighted by Crippen LogP contribution is 2.47. The molecule has 0 radical (unpaired) electrons. The van der Waals surface area contributed by atoms with Gasteiger partial charge in [0.25, 0.3) is 0 Å². The fourth-order valence-corrected chi connectivity index (χ4v) is 4.24. The molecule has 1 N–H and O–H groups in total. The lowest BCUT2D eigenvalue weighted by Crippen LogP contribution is -2.28. The van der Waals surface area contributed by atoms with Gasteiger partial charge in [0.05, 0.1) is 11.7 Å². The van der Waals surface area contributed by atoms with Gasteiger partial charge in [0.15, 0.2) is 5.17 Å². The smallest absolute Gasteiger partial charge is 0.160 e. The standard InChI is InChI=1S/C17H17N3OS/c1-11-10-20-16(12-5-7-13(21)8-6-12)15(19-17(20)22-11)14-4-2-3-9-18-14/h2-9,11,15-16,21H,10H2,1H3. The van der Waals surface area contributed by atoms with Gasteiger partial charge in [0, 0.05) is 18.0 Å². The minimum absolute atomic E-state index is 0.0146. The molecule has 4 rings (SSSR count). The number of hydrogen-bond acceptors (Lipinski definition) is 5. The average Bonchev–Trinajstić information content (AvgIpc) is 3.05. The SMILES string of the molecule is CC1CN2C(=NC(c3ccccn3)C2c2ccc(O)cc2)S1. The van der Waals surface area contributed by atoms with E-state index in [4.69, 9.17) is 4.99 Å². The largest absolute Gasteiger partial charge is 0.508 e. The zero-order valence-corrected chi connectivity index (χ0v) is 13.1. The number of nitrogens with zero attached hydrogens (tertiary/aromatic N) is 3. The van der Waals surface area contributed by atoms with Crippen LogP contribution >= 0.6 is 11.8 Å². The molecule has 0 bridgehead atoms. The van der Waals surface area contributed by atoms with Gasteiger partial charge in [-0.1, -0.05) is 36.9 Å². The Bertz CT molecular complexity index is 702. The van der Waals surface area contributed by atoms with Crippen LogP contribution in [0, 0.1) is 0 Å². The molecule has 2 aromatic rings. The molecule has 1 aromatic carbocycles. The van der Waals surface area contributed by atoms with Crippen molar-refractivity contribution in [2.45, 2.75) is 24.3 Å². The van der Waals surface area contributed by atoms with Crippen LogP contribution in [-0.2, 0) is 0 Å². The van der Waals surface area contributed by atoms with Crippen LogP contribution < -0.4 is 0 Å². The van der Waals surface area contributed by atoms with Gasteiger partial charge < -0.3 is 10.0 Å². The van der Waals surface area contributed by atoms with Gasteiger partial charge in [-0.3, -0.25) is 9.98 Å². The molecule has 0 spiro atoms. The van der Waals surface area contributed by atoms with Gasteiger partial charge in [0.1, 0.15) is 11.8 Å². The molecule has 4 nitrogen and oxygen atoms in total. The monoisotopic (exact) mass is 311 g/mol. The van der Waals surface area contributed by atoms with Gasteiger partial charge in [-0.25, -0.2) is 0 Å². The summed E-state index contributed by atoms with van der Waals surface area (Å²) >= 11 is 1.83. The molecular formula is C17H17N3OS. The van der Waals surface area contributed by atoms with E-state index in [-0.39, 0.29) is 12.1 Å². The molecule has 3 heterocycles. The number of thioether (sulfide) groups is 1. The van der Waals surface area contributed by atoms with Crippen molar-refractivity contribution >= 4 is 16.9 Å². The lowest BCUT2D eigenvalue weighted by Gasteiger charge is -2.27. The molecule has 2 aliphatic rings. The first-order valence-corrected chi connectivity index (χ1v) is 8.31. The fourth-order valence-electron chi connectivity index (χ4n) is 3.15. The number of hydrogen-bond donors (Lipinski definition) is 1. The Labute approximate surface area is 133 Å². The van der Waals surface area contributed by atoms with Crippen molar-refractivity contribution in [3.8, 4) is 5.75 Å². The maximum absolute atomic E-state index is 9.55. The van der Waals surface area contributed by atoms with E-state index in [1.165, 1.54) is 5.56 Å². The number of rotatable bonds is 2. The Balaban J connectivity index is 1.76. The number of amidine groups is 1. The summed E-state index contributed by atoms with van der Waals surface area (Å²) in [6.07, 6.45) is 1.82. The maximum Gasteiger partial charge on any atom is 0.160 e. The van der Waals surface area contributed by atoms with E-state index < -0.39 is 0 Å². The quantitative estimate of drug-likeness (QED) is 0.924. The first kappa shape index (κ1) is 13.6. The third-order valence-electron chi connectivity index (χ3n) is 4.12. The number of aromatic nitrogens is 1. The minimum Gasteiger partial charge on any atom is -0.508 e. The number of phenolic OH excluding ortho intramolecular Hbond substituents is 1. The van der Waals surface area contributed by atoms with Crippen molar-refractivity contribution in [1.29, 1.82) is 0 Å². The average molecular weight is 311 g/mol. The second-order valence-corrected chi connectivity index (χ2v) is 7.13. The van der Waals surface area contributed by atoms with E-state index in [1.807, 2.05) is 48.3 Å². The summed E-state index contributed by atoms with van der Waals surface area (Å²) in [6.45, 7) is 3.23.